The van der Waals surface area contributed by atoms with Crippen LogP contribution in [0.25, 0.3) is 22.8 Å². The van der Waals surface area contributed by atoms with Crippen molar-refractivity contribution in [1.29, 1.82) is 0 Å². The van der Waals surface area contributed by atoms with Crippen molar-refractivity contribution < 1.29 is 0 Å². The lowest BCUT2D eigenvalue weighted by molar-refractivity contribution is 0.872. The van der Waals surface area contributed by atoms with E-state index in [2.05, 4.69) is 40.8 Å². The zero-order valence-electron chi connectivity index (χ0n) is 11.7. The van der Waals surface area contributed by atoms with Crippen molar-refractivity contribution in [3.8, 4) is 22.8 Å². The summed E-state index contributed by atoms with van der Waals surface area (Å²) >= 11 is 0. The summed E-state index contributed by atoms with van der Waals surface area (Å²) in [5.41, 5.74) is 5.14. The summed E-state index contributed by atoms with van der Waals surface area (Å²) in [6.07, 6.45) is 0. The van der Waals surface area contributed by atoms with Crippen molar-refractivity contribution in [1.82, 2.24) is 40.8 Å². The van der Waals surface area contributed by atoms with Crippen LogP contribution < -0.4 is 0 Å². The third-order valence-electron chi connectivity index (χ3n) is 3.18. The first-order chi connectivity index (χ1) is 9.58. The smallest absolute Gasteiger partial charge is 0.207 e. The van der Waals surface area contributed by atoms with Crippen molar-refractivity contribution in [3.63, 3.8) is 0 Å². The minimum atomic E-state index is 0.469. The summed E-state index contributed by atoms with van der Waals surface area (Å²) in [5, 5.41) is 30.6. The van der Waals surface area contributed by atoms with Gasteiger partial charge in [0, 0.05) is 11.4 Å². The van der Waals surface area contributed by atoms with E-state index < -0.39 is 0 Å². The standard InChI is InChI=1S/C12H14N8/c1-5-9(6(2)14-13-5)11-17-19-12(20-18-11)10-7(3)15-16-8(10)4/h1-4H3,(H,13,14)(H,15,16). The van der Waals surface area contributed by atoms with Gasteiger partial charge in [-0.2, -0.15) is 10.2 Å². The van der Waals surface area contributed by atoms with Crippen LogP contribution in [0.15, 0.2) is 0 Å². The predicted octanol–water partition coefficient (Wildman–Crippen LogP) is 1.28. The Hall–Kier alpha value is -2.64. The molecule has 3 aromatic heterocycles. The first-order valence-corrected chi connectivity index (χ1v) is 6.19. The zero-order valence-corrected chi connectivity index (χ0v) is 11.7. The number of hydrogen-bond acceptors (Lipinski definition) is 6. The van der Waals surface area contributed by atoms with Crippen LogP contribution in [-0.2, 0) is 0 Å². The molecule has 0 fully saturated rings. The number of nitrogens with zero attached hydrogens (tertiary/aromatic N) is 6. The van der Waals surface area contributed by atoms with Gasteiger partial charge in [-0.05, 0) is 27.7 Å². The number of hydrogen-bond donors (Lipinski definition) is 2. The molecule has 3 aromatic rings. The van der Waals surface area contributed by atoms with Crippen LogP contribution in [-0.4, -0.2) is 40.8 Å². The van der Waals surface area contributed by atoms with E-state index in [0.29, 0.717) is 11.6 Å². The summed E-state index contributed by atoms with van der Waals surface area (Å²) in [6, 6.07) is 0. The number of H-pyrrole nitrogens is 2. The minimum absolute atomic E-state index is 0.469. The third-order valence-corrected chi connectivity index (χ3v) is 3.18. The molecule has 0 amide bonds. The molecule has 0 unspecified atom stereocenters. The molecular weight excluding hydrogens is 256 g/mol. The predicted molar refractivity (Wildman–Crippen MR) is 71.7 cm³/mol. The fourth-order valence-corrected chi connectivity index (χ4v) is 2.19. The van der Waals surface area contributed by atoms with Gasteiger partial charge in [0.2, 0.25) is 11.6 Å². The maximum absolute atomic E-state index is 4.16. The van der Waals surface area contributed by atoms with Gasteiger partial charge in [-0.3, -0.25) is 10.2 Å². The fraction of sp³-hybridized carbons (Fsp3) is 0.333. The van der Waals surface area contributed by atoms with Crippen LogP contribution in [0.2, 0.25) is 0 Å². The van der Waals surface area contributed by atoms with Crippen LogP contribution in [0, 0.1) is 27.7 Å². The Labute approximate surface area is 115 Å². The van der Waals surface area contributed by atoms with Gasteiger partial charge >= 0.3 is 0 Å². The quantitative estimate of drug-likeness (QED) is 0.726. The first kappa shape index (κ1) is 12.4. The van der Waals surface area contributed by atoms with E-state index in [4.69, 9.17) is 0 Å². The molecule has 102 valence electrons. The first-order valence-electron chi connectivity index (χ1n) is 6.19. The van der Waals surface area contributed by atoms with Crippen molar-refractivity contribution in [3.05, 3.63) is 22.8 Å². The molecule has 0 aliphatic rings. The normalized spacial score (nSPS) is 11.0. The third kappa shape index (κ3) is 1.85. The second kappa shape index (κ2) is 4.48. The Kier molecular flexibility index (Phi) is 2.78. The maximum atomic E-state index is 4.16. The van der Waals surface area contributed by atoms with Gasteiger partial charge in [-0.1, -0.05) is 0 Å². The average Bonchev–Trinajstić information content (AvgIpc) is 2.94. The Morgan fingerprint density at radius 2 is 0.950 bits per heavy atom. The molecule has 0 saturated heterocycles. The lowest BCUT2D eigenvalue weighted by atomic mass is 10.2. The maximum Gasteiger partial charge on any atom is 0.207 e. The zero-order chi connectivity index (χ0) is 14.3. The van der Waals surface area contributed by atoms with Crippen LogP contribution in [0.4, 0.5) is 0 Å². The molecule has 0 radical (unpaired) electrons. The largest absolute Gasteiger partial charge is 0.282 e. The molecule has 0 aliphatic heterocycles. The molecule has 0 aromatic carbocycles. The Morgan fingerprint density at radius 3 is 1.20 bits per heavy atom. The summed E-state index contributed by atoms with van der Waals surface area (Å²) < 4.78 is 0. The second-order valence-corrected chi connectivity index (χ2v) is 4.67. The molecule has 0 saturated carbocycles. The van der Waals surface area contributed by atoms with Crippen LogP contribution in [0.3, 0.4) is 0 Å². The second-order valence-electron chi connectivity index (χ2n) is 4.67. The topological polar surface area (TPSA) is 109 Å². The van der Waals surface area contributed by atoms with Gasteiger partial charge in [0.15, 0.2) is 0 Å². The Morgan fingerprint density at radius 1 is 0.600 bits per heavy atom. The monoisotopic (exact) mass is 270 g/mol. The Bertz CT molecular complexity index is 648. The molecule has 0 aliphatic carbocycles. The summed E-state index contributed by atoms with van der Waals surface area (Å²) in [6.45, 7) is 7.61. The van der Waals surface area contributed by atoms with E-state index >= 15 is 0 Å². The number of rotatable bonds is 2. The average molecular weight is 270 g/mol. The van der Waals surface area contributed by atoms with Gasteiger partial charge in [-0.25, -0.2) is 0 Å². The highest BCUT2D eigenvalue weighted by Gasteiger charge is 2.16. The molecule has 2 N–H and O–H groups in total. The highest BCUT2D eigenvalue weighted by atomic mass is 15.3. The van der Waals surface area contributed by atoms with E-state index in [9.17, 15) is 0 Å². The van der Waals surface area contributed by atoms with Gasteiger partial charge in [0.25, 0.3) is 0 Å². The highest BCUT2D eigenvalue weighted by Crippen LogP contribution is 2.23. The van der Waals surface area contributed by atoms with Gasteiger partial charge in [0.05, 0.1) is 22.5 Å². The molecular formula is C12H14N8. The molecule has 0 atom stereocenters. The summed E-state index contributed by atoms with van der Waals surface area (Å²) in [4.78, 5) is 0. The summed E-state index contributed by atoms with van der Waals surface area (Å²) in [5.74, 6) is 0.938. The highest BCUT2D eigenvalue weighted by molar-refractivity contribution is 5.62. The number of aromatic nitrogens is 8. The molecule has 3 rings (SSSR count). The molecule has 0 bridgehead atoms. The molecule has 0 spiro atoms. The lowest BCUT2D eigenvalue weighted by Crippen LogP contribution is -2.01. The van der Waals surface area contributed by atoms with E-state index in [-0.39, 0.29) is 0 Å². The van der Waals surface area contributed by atoms with Crippen molar-refractivity contribution in [2.75, 3.05) is 0 Å². The van der Waals surface area contributed by atoms with Crippen LogP contribution >= 0.6 is 0 Å². The van der Waals surface area contributed by atoms with Gasteiger partial charge in [0.1, 0.15) is 0 Å². The van der Waals surface area contributed by atoms with E-state index in [1.807, 2.05) is 27.7 Å². The van der Waals surface area contributed by atoms with Gasteiger partial charge in [-0.15, -0.1) is 20.4 Å². The fourth-order valence-electron chi connectivity index (χ4n) is 2.19. The molecule has 3 heterocycles. The molecule has 8 heteroatoms. The number of nitrogens with one attached hydrogen (secondary N) is 2. The van der Waals surface area contributed by atoms with Crippen molar-refractivity contribution >= 4 is 0 Å². The van der Waals surface area contributed by atoms with E-state index in [1.165, 1.54) is 0 Å². The summed E-state index contributed by atoms with van der Waals surface area (Å²) in [7, 11) is 0. The minimum Gasteiger partial charge on any atom is -0.282 e. The van der Waals surface area contributed by atoms with Gasteiger partial charge < -0.3 is 0 Å². The van der Waals surface area contributed by atoms with Crippen molar-refractivity contribution in [2.24, 2.45) is 0 Å². The Balaban J connectivity index is 2.05. The van der Waals surface area contributed by atoms with E-state index in [1.54, 1.807) is 0 Å². The van der Waals surface area contributed by atoms with E-state index in [0.717, 1.165) is 33.9 Å². The van der Waals surface area contributed by atoms with Crippen LogP contribution in [0.1, 0.15) is 22.8 Å². The number of aromatic amines is 2. The SMILES string of the molecule is Cc1n[nH]c(C)c1-c1nnc(-c2c(C)n[nH]c2C)nn1. The molecule has 8 nitrogen and oxygen atoms in total. The molecule has 20 heavy (non-hydrogen) atoms. The van der Waals surface area contributed by atoms with Crippen LogP contribution in [0.5, 0.6) is 0 Å². The number of aryl methyl sites for hydroxylation is 4. The lowest BCUT2D eigenvalue weighted by Gasteiger charge is -2.00. The van der Waals surface area contributed by atoms with Crippen molar-refractivity contribution in [2.45, 2.75) is 27.7 Å².